The number of ether oxygens (including phenoxy) is 1. The summed E-state index contributed by atoms with van der Waals surface area (Å²) in [5.74, 6) is 0. The third-order valence-electron chi connectivity index (χ3n) is 12.5. The van der Waals surface area contributed by atoms with Crippen molar-refractivity contribution in [2.75, 3.05) is 56.3 Å². The zero-order chi connectivity index (χ0) is 45.4. The Kier molecular flexibility index (Phi) is 29.9. The second-order valence-corrected chi connectivity index (χ2v) is 42.7. The lowest BCUT2D eigenvalue weighted by Gasteiger charge is -2.53. The number of hydrogen-bond donors (Lipinski definition) is 0. The molecule has 1 fully saturated rings. The van der Waals surface area contributed by atoms with E-state index in [9.17, 15) is 0 Å². The summed E-state index contributed by atoms with van der Waals surface area (Å²) in [7, 11) is 2.16. The second-order valence-electron chi connectivity index (χ2n) is 20.6. The first-order chi connectivity index (χ1) is 27.3. The van der Waals surface area contributed by atoms with Gasteiger partial charge in [0.25, 0.3) is 0 Å². The third-order valence-corrected chi connectivity index (χ3v) is 31.7. The molecule has 0 N–H and O–H groups in total. The molecule has 1 aliphatic rings. The predicted octanol–water partition coefficient (Wildman–Crippen LogP) is 12.1. The number of likely N-dealkylation sites (tertiary alicyclic amines) is 1. The molecule has 0 atom stereocenters. The van der Waals surface area contributed by atoms with Crippen molar-refractivity contribution in [1.82, 2.24) is 4.90 Å². The Bertz CT molecular complexity index is 1030. The molecule has 0 aliphatic carbocycles. The van der Waals surface area contributed by atoms with Crippen LogP contribution in [0.5, 0.6) is 0 Å². The van der Waals surface area contributed by atoms with E-state index < -0.39 is 51.6 Å². The molecule has 10 nitrogen and oxygen atoms in total. The van der Waals surface area contributed by atoms with Gasteiger partial charge in [-0.15, -0.1) is 0 Å². The molecule has 0 unspecified atom stereocenters. The first-order valence-corrected chi connectivity index (χ1v) is 39.4. The van der Waals surface area contributed by atoms with Gasteiger partial charge in [0, 0.05) is 72.4 Å². The molecule has 0 aromatic heterocycles. The van der Waals surface area contributed by atoms with E-state index in [1.54, 1.807) is 42.7 Å². The lowest BCUT2D eigenvalue weighted by Crippen LogP contribution is -2.60. The molecule has 0 amide bonds. The molecule has 1 rings (SSSR count). The first-order valence-electron chi connectivity index (χ1n) is 23.4. The van der Waals surface area contributed by atoms with Crippen LogP contribution in [0, 0.1) is 0 Å². The van der Waals surface area contributed by atoms with Crippen LogP contribution in [0.2, 0.25) is 82.6 Å². The van der Waals surface area contributed by atoms with Gasteiger partial charge in [-0.2, -0.15) is 0 Å². The zero-order valence-corrected chi connectivity index (χ0v) is 48.8. The van der Waals surface area contributed by atoms with Crippen LogP contribution < -0.4 is 0 Å². The molecule has 1 heterocycles. The van der Waals surface area contributed by atoms with Gasteiger partial charge in [-0.1, -0.05) is 64.2 Å². The molecule has 0 bridgehead atoms. The van der Waals surface area contributed by atoms with Crippen LogP contribution in [-0.4, -0.2) is 130 Å². The maximum atomic E-state index is 6.90. The molecule has 0 aromatic carbocycles. The maximum Gasteiger partial charge on any atom is 0.500 e. The summed E-state index contributed by atoms with van der Waals surface area (Å²) < 4.78 is 52.4. The number of piperidine rings is 1. The van der Waals surface area contributed by atoms with Gasteiger partial charge in [0.2, 0.25) is 0 Å². The fraction of sp³-hybridized carbons (Fsp3) is 1.00. The predicted molar refractivity (Wildman–Crippen MR) is 266 cm³/mol. The molecule has 16 heteroatoms. The van der Waals surface area contributed by atoms with Gasteiger partial charge in [0.1, 0.15) is 0 Å². The first kappa shape index (κ1) is 59.9. The van der Waals surface area contributed by atoms with E-state index in [0.717, 1.165) is 50.8 Å². The molecule has 0 spiro atoms. The summed E-state index contributed by atoms with van der Waals surface area (Å²) in [6.07, 6.45) is 18.9. The van der Waals surface area contributed by atoms with Gasteiger partial charge in [-0.25, -0.2) is 0 Å². The Hall–Kier alpha value is 0.901. The molecular weight excluding hydrogens is 843 g/mol. The minimum atomic E-state index is -2.39. The van der Waals surface area contributed by atoms with E-state index in [4.69, 9.17) is 39.5 Å². The van der Waals surface area contributed by atoms with Gasteiger partial charge < -0.3 is 39.5 Å². The smallest absolute Gasteiger partial charge is 0.458 e. The second kappa shape index (κ2) is 29.4. The molecule has 0 radical (unpaired) electrons. The van der Waals surface area contributed by atoms with Crippen molar-refractivity contribution < 1.29 is 39.5 Å². The Morgan fingerprint density at radius 2 is 0.780 bits per heavy atom. The Balaban J connectivity index is 0.00000130. The van der Waals surface area contributed by atoms with Gasteiger partial charge in [-0.05, 0) is 137 Å². The zero-order valence-electron chi connectivity index (χ0n) is 42.6. The van der Waals surface area contributed by atoms with E-state index in [-0.39, 0.29) is 11.1 Å². The third kappa shape index (κ3) is 25.8. The molecular formula is C43H101NO9Si6. The van der Waals surface area contributed by atoms with Crippen molar-refractivity contribution in [2.45, 2.75) is 224 Å². The Morgan fingerprint density at radius 1 is 0.475 bits per heavy atom. The molecule has 0 aromatic rings. The number of hydrogen-bond acceptors (Lipinski definition) is 10. The van der Waals surface area contributed by atoms with Crippen molar-refractivity contribution in [3.05, 3.63) is 0 Å². The van der Waals surface area contributed by atoms with Crippen LogP contribution in [0.25, 0.3) is 0 Å². The Labute approximate surface area is 374 Å². The molecule has 59 heavy (non-hydrogen) atoms. The molecule has 356 valence electrons. The summed E-state index contributed by atoms with van der Waals surface area (Å²) in [6.45, 7) is 29.2. The summed E-state index contributed by atoms with van der Waals surface area (Å²) in [5.41, 5.74) is 0.370. The van der Waals surface area contributed by atoms with Crippen molar-refractivity contribution in [3.63, 3.8) is 0 Å². The van der Waals surface area contributed by atoms with E-state index in [2.05, 4.69) is 92.0 Å². The molecule has 0 saturated carbocycles. The van der Waals surface area contributed by atoms with E-state index in [0.29, 0.717) is 6.10 Å². The largest absolute Gasteiger partial charge is 0.500 e. The lowest BCUT2D eigenvalue weighted by atomic mass is 9.79. The van der Waals surface area contributed by atoms with Crippen LogP contribution in [0.4, 0.5) is 0 Å². The summed E-state index contributed by atoms with van der Waals surface area (Å²) in [5, 5.41) is 0. The SMILES string of the molecule is CO[Si](CCCCCCCC[Si](C)(C)O[SiH](C)C)(OC)OC.CO[Si](CCCCCCCC[Si](C)(C)O[Si](C)(C)CCCOC1CC(C)(C)N(C)C(C)(C)C1)(OC)OC. The topological polar surface area (TPSA) is 86.3 Å². The van der Waals surface area contributed by atoms with Gasteiger partial charge in [0.05, 0.1) is 6.10 Å². The van der Waals surface area contributed by atoms with Crippen LogP contribution in [0.3, 0.4) is 0 Å². The van der Waals surface area contributed by atoms with Crippen molar-refractivity contribution in [2.24, 2.45) is 0 Å². The van der Waals surface area contributed by atoms with Gasteiger partial charge in [0.15, 0.2) is 34.0 Å². The lowest BCUT2D eigenvalue weighted by molar-refractivity contribution is -0.0912. The highest BCUT2D eigenvalue weighted by molar-refractivity contribution is 6.84. The van der Waals surface area contributed by atoms with Crippen LogP contribution >= 0.6 is 0 Å². The minimum Gasteiger partial charge on any atom is -0.458 e. The van der Waals surface area contributed by atoms with Gasteiger partial charge >= 0.3 is 17.6 Å². The highest BCUT2D eigenvalue weighted by atomic mass is 28.4. The fourth-order valence-corrected chi connectivity index (χ4v) is 28.2. The van der Waals surface area contributed by atoms with E-state index >= 15 is 0 Å². The standard InChI is InChI=1S/C28H63NO5Si3.C15H38O4Si3/c1-27(2)24-26(25-28(3,4)29(27)5)33-20-19-22-36(11,12)34-35(9,10)21-17-15-13-14-16-18-23-37(30-6,31-7)32-8;1-16-22(17-2,18-3)15-13-11-9-8-10-12-14-21(6,7)19-20(4)5/h26H,13-25H2,1-12H3;20H,8-15H2,1-7H3. The normalized spacial score (nSPS) is 17.1. The minimum absolute atomic E-state index is 0.185. The van der Waals surface area contributed by atoms with Crippen molar-refractivity contribution in [1.29, 1.82) is 0 Å². The summed E-state index contributed by atoms with van der Waals surface area (Å²) in [6, 6.07) is 5.60. The molecule has 1 saturated heterocycles. The summed E-state index contributed by atoms with van der Waals surface area (Å²) in [4.78, 5) is 2.52. The quantitative estimate of drug-likeness (QED) is 0.0468. The highest BCUT2D eigenvalue weighted by Gasteiger charge is 2.43. The van der Waals surface area contributed by atoms with Crippen LogP contribution in [-0.2, 0) is 39.5 Å². The Morgan fingerprint density at radius 3 is 1.12 bits per heavy atom. The number of nitrogens with zero attached hydrogens (tertiary/aromatic N) is 1. The van der Waals surface area contributed by atoms with E-state index in [1.165, 1.54) is 82.3 Å². The monoisotopic (exact) mass is 944 g/mol. The summed E-state index contributed by atoms with van der Waals surface area (Å²) >= 11 is 0. The number of rotatable bonds is 33. The van der Waals surface area contributed by atoms with Crippen molar-refractivity contribution in [3.8, 4) is 0 Å². The van der Waals surface area contributed by atoms with Crippen LogP contribution in [0.1, 0.15) is 124 Å². The van der Waals surface area contributed by atoms with Gasteiger partial charge in [-0.3, -0.25) is 4.90 Å². The number of unbranched alkanes of at least 4 members (excludes halogenated alkanes) is 10. The average Bonchev–Trinajstić information content (AvgIpc) is 3.14. The average molecular weight is 945 g/mol. The van der Waals surface area contributed by atoms with Crippen LogP contribution in [0.15, 0.2) is 0 Å². The highest BCUT2D eigenvalue weighted by Crippen LogP contribution is 2.38. The van der Waals surface area contributed by atoms with Crippen molar-refractivity contribution >= 4 is 51.6 Å². The molecule has 1 aliphatic heterocycles. The maximum absolute atomic E-state index is 6.90. The fourth-order valence-electron chi connectivity index (χ4n) is 9.00. The van der Waals surface area contributed by atoms with E-state index in [1.807, 2.05) is 0 Å².